The van der Waals surface area contributed by atoms with Crippen LogP contribution >= 0.6 is 0 Å². The van der Waals surface area contributed by atoms with E-state index in [4.69, 9.17) is 4.74 Å². The minimum Gasteiger partial charge on any atom is -0.490 e. The van der Waals surface area contributed by atoms with Gasteiger partial charge in [-0.2, -0.15) is 0 Å². The lowest BCUT2D eigenvalue weighted by Gasteiger charge is -2.22. The number of rotatable bonds is 5. The molecule has 0 saturated carbocycles. The van der Waals surface area contributed by atoms with Crippen LogP contribution in [0.25, 0.3) is 0 Å². The molecule has 1 nitrogen and oxygen atoms in total. The van der Waals surface area contributed by atoms with Gasteiger partial charge >= 0.3 is 0 Å². The third-order valence-corrected chi connectivity index (χ3v) is 3.06. The molecule has 0 aliphatic heterocycles. The van der Waals surface area contributed by atoms with Crippen molar-refractivity contribution in [2.75, 3.05) is 0 Å². The van der Waals surface area contributed by atoms with Crippen molar-refractivity contribution in [2.45, 2.75) is 66.4 Å². The van der Waals surface area contributed by atoms with Crippen molar-refractivity contribution in [2.24, 2.45) is 0 Å². The molecule has 0 heterocycles. The van der Waals surface area contributed by atoms with Gasteiger partial charge in [0, 0.05) is 5.56 Å². The van der Waals surface area contributed by atoms with Gasteiger partial charge in [-0.25, -0.2) is 0 Å². The lowest BCUT2D eigenvalue weighted by atomic mass is 9.91. The molecule has 0 atom stereocenters. The molecule has 0 aliphatic rings. The van der Waals surface area contributed by atoms with E-state index >= 15 is 0 Å². The summed E-state index contributed by atoms with van der Waals surface area (Å²) in [5.41, 5.74) is 4.16. The van der Waals surface area contributed by atoms with E-state index in [0.717, 1.165) is 18.6 Å². The first-order chi connectivity index (χ1) is 8.01. The Bertz CT molecular complexity index is 364. The Morgan fingerprint density at radius 3 is 1.88 bits per heavy atom. The van der Waals surface area contributed by atoms with Crippen LogP contribution in [0.3, 0.4) is 0 Å². The Kier molecular flexibility index (Phi) is 5.04. The molecular weight excluding hydrogens is 208 g/mol. The summed E-state index contributed by atoms with van der Waals surface area (Å²) < 4.78 is 6.07. The van der Waals surface area contributed by atoms with Crippen LogP contribution in [0.1, 0.15) is 64.2 Å². The molecule has 1 heteroatoms. The average molecular weight is 234 g/mol. The molecule has 1 aromatic rings. The van der Waals surface area contributed by atoms with Crippen molar-refractivity contribution in [3.63, 3.8) is 0 Å². The van der Waals surface area contributed by atoms with Gasteiger partial charge in [-0.3, -0.25) is 0 Å². The summed E-state index contributed by atoms with van der Waals surface area (Å²) in [5.74, 6) is 1.65. The first-order valence-electron chi connectivity index (χ1n) is 6.82. The van der Waals surface area contributed by atoms with Gasteiger partial charge in [0.25, 0.3) is 0 Å². The second-order valence-electron chi connectivity index (χ2n) is 5.16. The van der Waals surface area contributed by atoms with Gasteiger partial charge in [-0.15, -0.1) is 0 Å². The summed E-state index contributed by atoms with van der Waals surface area (Å²) in [6.45, 7) is 13.1. The maximum absolute atomic E-state index is 6.07. The number of ether oxygens (including phenoxy) is 1. The smallest absolute Gasteiger partial charge is 0.126 e. The SMILES string of the molecule is CCc1ccc(CC)c(C(C)C)c1OC(C)C. The molecule has 0 N–H and O–H groups in total. The van der Waals surface area contributed by atoms with Crippen molar-refractivity contribution in [3.8, 4) is 5.75 Å². The molecule has 17 heavy (non-hydrogen) atoms. The molecule has 1 aromatic carbocycles. The zero-order valence-electron chi connectivity index (χ0n) is 12.1. The summed E-state index contributed by atoms with van der Waals surface area (Å²) >= 11 is 0. The van der Waals surface area contributed by atoms with Gasteiger partial charge < -0.3 is 4.74 Å². The first-order valence-corrected chi connectivity index (χ1v) is 6.82. The largest absolute Gasteiger partial charge is 0.490 e. The molecular formula is C16H26O. The number of benzene rings is 1. The summed E-state index contributed by atoms with van der Waals surface area (Å²) in [7, 11) is 0. The Labute approximate surface area is 106 Å². The molecule has 0 radical (unpaired) electrons. The van der Waals surface area contributed by atoms with E-state index in [1.54, 1.807) is 0 Å². The van der Waals surface area contributed by atoms with E-state index < -0.39 is 0 Å². The highest BCUT2D eigenvalue weighted by atomic mass is 16.5. The Morgan fingerprint density at radius 1 is 0.941 bits per heavy atom. The van der Waals surface area contributed by atoms with Crippen molar-refractivity contribution < 1.29 is 4.74 Å². The summed E-state index contributed by atoms with van der Waals surface area (Å²) in [5, 5.41) is 0. The van der Waals surface area contributed by atoms with Crippen LogP contribution in [-0.2, 0) is 12.8 Å². The monoisotopic (exact) mass is 234 g/mol. The maximum atomic E-state index is 6.07. The van der Waals surface area contributed by atoms with Crippen LogP contribution < -0.4 is 4.74 Å². The second kappa shape index (κ2) is 6.09. The van der Waals surface area contributed by atoms with Crippen LogP contribution in [-0.4, -0.2) is 6.10 Å². The zero-order valence-corrected chi connectivity index (χ0v) is 12.1. The topological polar surface area (TPSA) is 9.23 Å². The van der Waals surface area contributed by atoms with E-state index in [1.165, 1.54) is 16.7 Å². The van der Waals surface area contributed by atoms with E-state index in [1.807, 2.05) is 0 Å². The standard InChI is InChI=1S/C16H26O/c1-7-13-9-10-14(8-2)16(17-12(5)6)15(13)11(3)4/h9-12H,7-8H2,1-6H3. The lowest BCUT2D eigenvalue weighted by molar-refractivity contribution is 0.236. The lowest BCUT2D eigenvalue weighted by Crippen LogP contribution is -2.11. The van der Waals surface area contributed by atoms with Crippen molar-refractivity contribution in [1.82, 2.24) is 0 Å². The fraction of sp³-hybridized carbons (Fsp3) is 0.625. The minimum atomic E-state index is 0.241. The third kappa shape index (κ3) is 3.24. The van der Waals surface area contributed by atoms with Gasteiger partial charge in [0.05, 0.1) is 6.10 Å². The average Bonchev–Trinajstić information content (AvgIpc) is 2.27. The molecule has 0 spiro atoms. The van der Waals surface area contributed by atoms with Crippen LogP contribution in [0.15, 0.2) is 12.1 Å². The third-order valence-electron chi connectivity index (χ3n) is 3.06. The Hall–Kier alpha value is -0.980. The quantitative estimate of drug-likeness (QED) is 0.716. The van der Waals surface area contributed by atoms with Gasteiger partial charge in [-0.1, -0.05) is 39.8 Å². The van der Waals surface area contributed by atoms with Crippen molar-refractivity contribution in [3.05, 3.63) is 28.8 Å². The van der Waals surface area contributed by atoms with Crippen molar-refractivity contribution in [1.29, 1.82) is 0 Å². The van der Waals surface area contributed by atoms with Crippen LogP contribution in [0, 0.1) is 0 Å². The summed E-state index contributed by atoms with van der Waals surface area (Å²) in [6.07, 6.45) is 2.35. The minimum absolute atomic E-state index is 0.241. The molecule has 96 valence electrons. The molecule has 0 saturated heterocycles. The summed E-state index contributed by atoms with van der Waals surface area (Å²) in [6, 6.07) is 4.49. The molecule has 1 rings (SSSR count). The van der Waals surface area contributed by atoms with Crippen molar-refractivity contribution >= 4 is 0 Å². The highest BCUT2D eigenvalue weighted by Crippen LogP contribution is 2.34. The van der Waals surface area contributed by atoms with E-state index in [-0.39, 0.29) is 6.10 Å². The number of hydrogen-bond donors (Lipinski definition) is 0. The number of hydrogen-bond acceptors (Lipinski definition) is 1. The first kappa shape index (κ1) is 14.1. The Balaban J connectivity index is 3.35. The van der Waals surface area contributed by atoms with Gasteiger partial charge in [-0.05, 0) is 43.7 Å². The molecule has 0 aromatic heterocycles. The van der Waals surface area contributed by atoms with Gasteiger partial charge in [0.2, 0.25) is 0 Å². The highest BCUT2D eigenvalue weighted by molar-refractivity contribution is 5.48. The van der Waals surface area contributed by atoms with Crippen LogP contribution in [0.4, 0.5) is 0 Å². The fourth-order valence-electron chi connectivity index (χ4n) is 2.28. The molecule has 0 bridgehead atoms. The Morgan fingerprint density at radius 2 is 1.47 bits per heavy atom. The fourth-order valence-corrected chi connectivity index (χ4v) is 2.28. The van der Waals surface area contributed by atoms with E-state index in [2.05, 4.69) is 53.7 Å². The number of aryl methyl sites for hydroxylation is 2. The van der Waals surface area contributed by atoms with E-state index in [9.17, 15) is 0 Å². The predicted octanol–water partition coefficient (Wildman–Crippen LogP) is 4.72. The molecule has 0 amide bonds. The molecule has 0 unspecified atom stereocenters. The van der Waals surface area contributed by atoms with E-state index in [0.29, 0.717) is 5.92 Å². The summed E-state index contributed by atoms with van der Waals surface area (Å²) in [4.78, 5) is 0. The van der Waals surface area contributed by atoms with Gasteiger partial charge in [0.1, 0.15) is 5.75 Å². The molecule has 0 fully saturated rings. The zero-order chi connectivity index (χ0) is 13.0. The second-order valence-corrected chi connectivity index (χ2v) is 5.16. The van der Waals surface area contributed by atoms with Crippen LogP contribution in [0.2, 0.25) is 0 Å². The highest BCUT2D eigenvalue weighted by Gasteiger charge is 2.16. The predicted molar refractivity (Wildman–Crippen MR) is 75.1 cm³/mol. The maximum Gasteiger partial charge on any atom is 0.126 e. The normalized spacial score (nSPS) is 11.3. The van der Waals surface area contributed by atoms with Crippen LogP contribution in [0.5, 0.6) is 5.75 Å². The van der Waals surface area contributed by atoms with Gasteiger partial charge in [0.15, 0.2) is 0 Å². The molecule has 0 aliphatic carbocycles.